The Morgan fingerprint density at radius 3 is 1.71 bits per heavy atom. The monoisotopic (exact) mass is 239 g/mol. The van der Waals surface area contributed by atoms with E-state index in [1.54, 1.807) is 28.1 Å². The van der Waals surface area contributed by atoms with E-state index in [9.17, 15) is 9.59 Å². The summed E-state index contributed by atoms with van der Waals surface area (Å²) in [6.07, 6.45) is 0. The number of Topliss-reactive ketones (excluding diaryl/α,β-unsaturated/α-hetero) is 1. The number of rotatable bonds is 3. The minimum absolute atomic E-state index is 0.102. The van der Waals surface area contributed by atoms with Gasteiger partial charge in [-0.05, 0) is 26.3 Å². The molecule has 0 rings (SSSR count). The molecule has 0 N–H and O–H groups in total. The van der Waals surface area contributed by atoms with Crippen molar-refractivity contribution in [3.05, 3.63) is 11.4 Å². The molecule has 0 bridgehead atoms. The first-order valence-electron chi connectivity index (χ1n) is 5.37. The number of amides is 2. The Hall–Kier alpha value is -1.65. The maximum absolute atomic E-state index is 11.8. The molecular formula is C12H21N3O2. The predicted molar refractivity (Wildman–Crippen MR) is 69.0 cm³/mol. The van der Waals surface area contributed by atoms with Gasteiger partial charge in [-0.1, -0.05) is 0 Å². The molecule has 0 unspecified atom stereocenters. The minimum Gasteiger partial charge on any atom is -0.330 e. The standard InChI is InChI=1S/C12H21N3O2/c1-8(2)11(13-9(3)10(4)16)15(7)12(17)14(5)6/h1-7H3. The number of allylic oxidation sites excluding steroid dienone is 1. The van der Waals surface area contributed by atoms with Gasteiger partial charge in [0.2, 0.25) is 0 Å². The summed E-state index contributed by atoms with van der Waals surface area (Å²) in [4.78, 5) is 30.1. The van der Waals surface area contributed by atoms with Gasteiger partial charge in [0.1, 0.15) is 5.82 Å². The molecular weight excluding hydrogens is 218 g/mol. The highest BCUT2D eigenvalue weighted by molar-refractivity contribution is 6.38. The molecule has 0 aromatic rings. The van der Waals surface area contributed by atoms with E-state index < -0.39 is 0 Å². The Labute approximate surface area is 103 Å². The average molecular weight is 239 g/mol. The molecule has 0 heterocycles. The van der Waals surface area contributed by atoms with Gasteiger partial charge in [0.05, 0.1) is 5.71 Å². The maximum atomic E-state index is 11.8. The SMILES string of the molecule is CC(=O)C(C)=NC(=C(C)C)N(C)C(=O)N(C)C. The molecule has 0 aromatic heterocycles. The van der Waals surface area contributed by atoms with Crippen molar-refractivity contribution in [1.82, 2.24) is 9.80 Å². The smallest absolute Gasteiger partial charge is 0.324 e. The molecule has 0 radical (unpaired) electrons. The van der Waals surface area contributed by atoms with Crippen molar-refractivity contribution < 1.29 is 9.59 Å². The van der Waals surface area contributed by atoms with Crippen molar-refractivity contribution in [2.45, 2.75) is 27.7 Å². The van der Waals surface area contributed by atoms with E-state index in [0.717, 1.165) is 5.57 Å². The van der Waals surface area contributed by atoms with Crippen LogP contribution in [0.25, 0.3) is 0 Å². The van der Waals surface area contributed by atoms with Gasteiger partial charge in [-0.3, -0.25) is 9.69 Å². The zero-order valence-corrected chi connectivity index (χ0v) is 11.7. The summed E-state index contributed by atoms with van der Waals surface area (Å²) in [6, 6.07) is -0.179. The molecule has 0 saturated heterocycles. The molecule has 5 heteroatoms. The van der Waals surface area contributed by atoms with E-state index in [-0.39, 0.29) is 11.8 Å². The summed E-state index contributed by atoms with van der Waals surface area (Å²) in [5.41, 5.74) is 1.27. The highest BCUT2D eigenvalue weighted by atomic mass is 16.2. The molecule has 0 aliphatic carbocycles. The first-order chi connectivity index (χ1) is 7.68. The first kappa shape index (κ1) is 15.3. The van der Waals surface area contributed by atoms with Crippen molar-refractivity contribution in [3.8, 4) is 0 Å². The van der Waals surface area contributed by atoms with Gasteiger partial charge < -0.3 is 4.90 Å². The van der Waals surface area contributed by atoms with Crippen LogP contribution in [-0.2, 0) is 4.79 Å². The number of hydrogen-bond acceptors (Lipinski definition) is 3. The van der Waals surface area contributed by atoms with Crippen LogP contribution in [0.1, 0.15) is 27.7 Å². The van der Waals surface area contributed by atoms with Gasteiger partial charge in [0.15, 0.2) is 5.78 Å². The fourth-order valence-corrected chi connectivity index (χ4v) is 1.15. The molecule has 0 spiro atoms. The molecule has 96 valence electrons. The van der Waals surface area contributed by atoms with Crippen LogP contribution in [0.3, 0.4) is 0 Å². The van der Waals surface area contributed by atoms with E-state index >= 15 is 0 Å². The number of hydrogen-bond donors (Lipinski definition) is 0. The second-order valence-electron chi connectivity index (χ2n) is 4.31. The third-order valence-electron chi connectivity index (χ3n) is 2.22. The minimum atomic E-state index is -0.179. The van der Waals surface area contributed by atoms with Crippen molar-refractivity contribution in [3.63, 3.8) is 0 Å². The largest absolute Gasteiger partial charge is 0.330 e. The lowest BCUT2D eigenvalue weighted by Crippen LogP contribution is -2.36. The quantitative estimate of drug-likeness (QED) is 0.706. The van der Waals surface area contributed by atoms with Gasteiger partial charge in [-0.25, -0.2) is 9.79 Å². The Kier molecular flexibility index (Phi) is 5.58. The fraction of sp³-hybridized carbons (Fsp3) is 0.583. The molecule has 2 amide bonds. The van der Waals surface area contributed by atoms with E-state index in [1.807, 2.05) is 13.8 Å². The third-order valence-corrected chi connectivity index (χ3v) is 2.22. The summed E-state index contributed by atoms with van der Waals surface area (Å²) in [5.74, 6) is 0.408. The number of carbonyl (C=O) groups excluding carboxylic acids is 2. The van der Waals surface area contributed by atoms with Crippen LogP contribution >= 0.6 is 0 Å². The van der Waals surface area contributed by atoms with Crippen LogP contribution in [0.2, 0.25) is 0 Å². The normalized spacial score (nSPS) is 10.9. The first-order valence-corrected chi connectivity index (χ1v) is 5.37. The summed E-state index contributed by atoms with van der Waals surface area (Å²) in [7, 11) is 4.98. The van der Waals surface area contributed by atoms with E-state index in [1.165, 1.54) is 16.7 Å². The van der Waals surface area contributed by atoms with Gasteiger partial charge in [0, 0.05) is 28.1 Å². The molecule has 5 nitrogen and oxygen atoms in total. The lowest BCUT2D eigenvalue weighted by atomic mass is 10.3. The number of carbonyl (C=O) groups is 2. The van der Waals surface area contributed by atoms with Crippen molar-refractivity contribution in [2.24, 2.45) is 4.99 Å². The summed E-state index contributed by atoms with van der Waals surface area (Å²) < 4.78 is 0. The lowest BCUT2D eigenvalue weighted by molar-refractivity contribution is -0.111. The van der Waals surface area contributed by atoms with Crippen LogP contribution in [0.15, 0.2) is 16.4 Å². The summed E-state index contributed by atoms with van der Waals surface area (Å²) >= 11 is 0. The van der Waals surface area contributed by atoms with Crippen molar-refractivity contribution in [2.75, 3.05) is 21.1 Å². The van der Waals surface area contributed by atoms with E-state index in [2.05, 4.69) is 4.99 Å². The number of nitrogens with zero attached hydrogens (tertiary/aromatic N) is 3. The van der Waals surface area contributed by atoms with Gasteiger partial charge in [-0.15, -0.1) is 0 Å². The zero-order chi connectivity index (χ0) is 13.7. The molecule has 0 aliphatic heterocycles. The molecule has 0 fully saturated rings. The number of ketones is 1. The van der Waals surface area contributed by atoms with E-state index in [4.69, 9.17) is 0 Å². The Morgan fingerprint density at radius 2 is 1.41 bits per heavy atom. The Balaban J connectivity index is 5.31. The van der Waals surface area contributed by atoms with Gasteiger partial charge in [0.25, 0.3) is 0 Å². The highest BCUT2D eigenvalue weighted by Crippen LogP contribution is 2.12. The highest BCUT2D eigenvalue weighted by Gasteiger charge is 2.16. The average Bonchev–Trinajstić information content (AvgIpc) is 2.22. The number of aliphatic imine (C=N–C) groups is 1. The molecule has 0 aromatic carbocycles. The van der Waals surface area contributed by atoms with Crippen LogP contribution in [-0.4, -0.2) is 48.5 Å². The van der Waals surface area contributed by atoms with Crippen LogP contribution in [0.5, 0.6) is 0 Å². The molecule has 0 saturated carbocycles. The number of urea groups is 1. The lowest BCUT2D eigenvalue weighted by Gasteiger charge is -2.23. The molecule has 0 aliphatic rings. The van der Waals surface area contributed by atoms with Crippen molar-refractivity contribution in [1.29, 1.82) is 0 Å². The van der Waals surface area contributed by atoms with Crippen LogP contribution < -0.4 is 0 Å². The van der Waals surface area contributed by atoms with Gasteiger partial charge in [-0.2, -0.15) is 0 Å². The Bertz CT molecular complexity index is 377. The summed E-state index contributed by atoms with van der Waals surface area (Å²) in [5, 5.41) is 0. The zero-order valence-electron chi connectivity index (χ0n) is 11.7. The third kappa shape index (κ3) is 4.38. The predicted octanol–water partition coefficient (Wildman–Crippen LogP) is 1.90. The molecule has 0 atom stereocenters. The second kappa shape index (κ2) is 6.18. The van der Waals surface area contributed by atoms with Crippen molar-refractivity contribution >= 4 is 17.5 Å². The Morgan fingerprint density at radius 1 is 0.941 bits per heavy atom. The fourth-order valence-electron chi connectivity index (χ4n) is 1.15. The summed E-state index contributed by atoms with van der Waals surface area (Å²) in [6.45, 7) is 6.80. The van der Waals surface area contributed by atoms with Crippen LogP contribution in [0.4, 0.5) is 4.79 Å². The molecule has 17 heavy (non-hydrogen) atoms. The van der Waals surface area contributed by atoms with Crippen LogP contribution in [0, 0.1) is 0 Å². The van der Waals surface area contributed by atoms with E-state index in [0.29, 0.717) is 11.5 Å². The second-order valence-corrected chi connectivity index (χ2v) is 4.31. The maximum Gasteiger partial charge on any atom is 0.324 e. The topological polar surface area (TPSA) is 53.0 Å². The van der Waals surface area contributed by atoms with Gasteiger partial charge >= 0.3 is 6.03 Å².